The maximum atomic E-state index is 3.72. The van der Waals surface area contributed by atoms with Crippen molar-refractivity contribution in [2.75, 3.05) is 0 Å². The van der Waals surface area contributed by atoms with E-state index >= 15 is 0 Å². The fourth-order valence-electron chi connectivity index (χ4n) is 8.17. The minimum atomic E-state index is -0.420. The predicted octanol–water partition coefficient (Wildman–Crippen LogP) is 10.8. The standard InChI is InChI=1S/C43H28N2/c1-2-12-28(13-3-1)43(37-18-8-4-14-31(37)32-15-5-9-19-38(32)43)29-22-24-39-35(26-29)36-27-30(23-25-40(36)44-39)45-41-20-10-6-16-33(41)34-17-7-11-21-42(34)45/h1-27,44H. The van der Waals surface area contributed by atoms with Gasteiger partial charge in [-0.3, -0.25) is 0 Å². The van der Waals surface area contributed by atoms with Crippen LogP contribution in [0.2, 0.25) is 0 Å². The summed E-state index contributed by atoms with van der Waals surface area (Å²) in [6, 6.07) is 60.3. The average molecular weight is 573 g/mol. The van der Waals surface area contributed by atoms with Crippen molar-refractivity contribution in [1.29, 1.82) is 0 Å². The molecule has 2 heterocycles. The van der Waals surface area contributed by atoms with Crippen LogP contribution in [0.1, 0.15) is 22.3 Å². The van der Waals surface area contributed by atoms with E-state index in [0.29, 0.717) is 0 Å². The van der Waals surface area contributed by atoms with Crippen LogP contribution in [-0.2, 0) is 5.41 Å². The molecule has 45 heavy (non-hydrogen) atoms. The summed E-state index contributed by atoms with van der Waals surface area (Å²) in [5, 5.41) is 5.02. The number of nitrogens with one attached hydrogen (secondary N) is 1. The van der Waals surface area contributed by atoms with Crippen molar-refractivity contribution in [3.05, 3.63) is 186 Å². The lowest BCUT2D eigenvalue weighted by Gasteiger charge is -2.34. The molecule has 0 saturated heterocycles. The SMILES string of the molecule is c1ccc(C2(c3ccc4[nH]c5ccc(-n6c7ccccc7c7ccccc76)cc5c4c3)c3ccccc3-c3ccccc32)cc1. The molecule has 0 spiro atoms. The number of rotatable bonds is 3. The minimum absolute atomic E-state index is 0.420. The van der Waals surface area contributed by atoms with Gasteiger partial charge in [0, 0.05) is 38.3 Å². The van der Waals surface area contributed by atoms with Gasteiger partial charge in [0.2, 0.25) is 0 Å². The minimum Gasteiger partial charge on any atom is -0.355 e. The molecule has 0 amide bonds. The number of hydrogen-bond acceptors (Lipinski definition) is 0. The molecule has 2 aromatic heterocycles. The van der Waals surface area contributed by atoms with Crippen LogP contribution in [0.3, 0.4) is 0 Å². The number of aromatic amines is 1. The largest absolute Gasteiger partial charge is 0.355 e. The Kier molecular flexibility index (Phi) is 4.95. The van der Waals surface area contributed by atoms with Crippen molar-refractivity contribution in [2.24, 2.45) is 0 Å². The first-order chi connectivity index (χ1) is 22.3. The maximum Gasteiger partial charge on any atom is 0.0713 e. The number of aromatic nitrogens is 2. The van der Waals surface area contributed by atoms with Gasteiger partial charge in [0.15, 0.2) is 0 Å². The molecular weight excluding hydrogens is 544 g/mol. The number of hydrogen-bond donors (Lipinski definition) is 1. The molecule has 0 atom stereocenters. The molecule has 210 valence electrons. The summed E-state index contributed by atoms with van der Waals surface area (Å²) in [4.78, 5) is 3.72. The second-order valence-electron chi connectivity index (χ2n) is 12.2. The van der Waals surface area contributed by atoms with Crippen molar-refractivity contribution in [1.82, 2.24) is 9.55 Å². The fraction of sp³-hybridized carbons (Fsp3) is 0.0233. The van der Waals surface area contributed by atoms with E-state index in [0.717, 1.165) is 11.0 Å². The summed E-state index contributed by atoms with van der Waals surface area (Å²) in [5.74, 6) is 0. The second-order valence-corrected chi connectivity index (χ2v) is 12.2. The first kappa shape index (κ1) is 24.6. The van der Waals surface area contributed by atoms with E-state index in [1.54, 1.807) is 0 Å². The van der Waals surface area contributed by atoms with Crippen LogP contribution in [0, 0.1) is 0 Å². The van der Waals surface area contributed by atoms with Crippen molar-refractivity contribution in [3.8, 4) is 16.8 Å². The summed E-state index contributed by atoms with van der Waals surface area (Å²) in [7, 11) is 0. The third-order valence-corrected chi connectivity index (χ3v) is 10.0. The Morgan fingerprint density at radius 1 is 0.400 bits per heavy atom. The van der Waals surface area contributed by atoms with Gasteiger partial charge in [-0.05, 0) is 75.8 Å². The van der Waals surface area contributed by atoms with Gasteiger partial charge in [0.25, 0.3) is 0 Å². The fourth-order valence-corrected chi connectivity index (χ4v) is 8.17. The summed E-state index contributed by atoms with van der Waals surface area (Å²) >= 11 is 0. The summed E-state index contributed by atoms with van der Waals surface area (Å²) in [5.41, 5.74) is 13.3. The van der Waals surface area contributed by atoms with Gasteiger partial charge in [-0.1, -0.05) is 121 Å². The van der Waals surface area contributed by atoms with Crippen LogP contribution in [0.15, 0.2) is 164 Å². The van der Waals surface area contributed by atoms with Crippen molar-refractivity contribution < 1.29 is 0 Å². The molecular formula is C43H28N2. The highest BCUT2D eigenvalue weighted by molar-refractivity contribution is 6.11. The van der Waals surface area contributed by atoms with E-state index in [1.807, 2.05) is 0 Å². The number of H-pyrrole nitrogens is 1. The Hall–Kier alpha value is -5.86. The Balaban J connectivity index is 1.27. The van der Waals surface area contributed by atoms with Gasteiger partial charge >= 0.3 is 0 Å². The molecule has 0 bridgehead atoms. The molecule has 1 aliphatic carbocycles. The molecule has 1 N–H and O–H groups in total. The van der Waals surface area contributed by atoms with Gasteiger partial charge < -0.3 is 9.55 Å². The zero-order valence-electron chi connectivity index (χ0n) is 24.5. The summed E-state index contributed by atoms with van der Waals surface area (Å²) in [6.45, 7) is 0. The van der Waals surface area contributed by atoms with Gasteiger partial charge in [0.05, 0.1) is 16.4 Å². The molecule has 0 fully saturated rings. The molecule has 0 unspecified atom stereocenters. The highest BCUT2D eigenvalue weighted by atomic mass is 15.0. The second kappa shape index (κ2) is 9.07. The normalized spacial score (nSPS) is 13.5. The zero-order chi connectivity index (χ0) is 29.5. The average Bonchev–Trinajstić information content (AvgIpc) is 3.75. The lowest BCUT2D eigenvalue weighted by Crippen LogP contribution is -2.28. The number of para-hydroxylation sites is 2. The molecule has 0 radical (unpaired) electrons. The lowest BCUT2D eigenvalue weighted by molar-refractivity contribution is 0.770. The van der Waals surface area contributed by atoms with Gasteiger partial charge in [-0.15, -0.1) is 0 Å². The molecule has 7 aromatic carbocycles. The highest BCUT2D eigenvalue weighted by Crippen LogP contribution is 2.56. The van der Waals surface area contributed by atoms with Crippen molar-refractivity contribution >= 4 is 43.6 Å². The van der Waals surface area contributed by atoms with Crippen LogP contribution in [0.5, 0.6) is 0 Å². The van der Waals surface area contributed by atoms with Gasteiger partial charge in [-0.25, -0.2) is 0 Å². The Bertz CT molecular complexity index is 2500. The van der Waals surface area contributed by atoms with Crippen LogP contribution < -0.4 is 0 Å². The number of nitrogens with zero attached hydrogens (tertiary/aromatic N) is 1. The van der Waals surface area contributed by atoms with E-state index in [1.165, 1.54) is 71.6 Å². The molecule has 9 aromatic rings. The molecule has 0 aliphatic heterocycles. The van der Waals surface area contributed by atoms with E-state index in [9.17, 15) is 0 Å². The Morgan fingerprint density at radius 3 is 1.60 bits per heavy atom. The molecule has 1 aliphatic rings. The molecule has 0 saturated carbocycles. The van der Waals surface area contributed by atoms with Gasteiger partial charge in [0.1, 0.15) is 0 Å². The van der Waals surface area contributed by atoms with Gasteiger partial charge in [-0.2, -0.15) is 0 Å². The maximum absolute atomic E-state index is 3.72. The van der Waals surface area contributed by atoms with Crippen molar-refractivity contribution in [2.45, 2.75) is 5.41 Å². The first-order valence-electron chi connectivity index (χ1n) is 15.6. The third kappa shape index (κ3) is 3.23. The summed E-state index contributed by atoms with van der Waals surface area (Å²) < 4.78 is 2.40. The molecule has 10 rings (SSSR count). The van der Waals surface area contributed by atoms with E-state index in [4.69, 9.17) is 0 Å². The van der Waals surface area contributed by atoms with Crippen LogP contribution in [-0.4, -0.2) is 9.55 Å². The van der Waals surface area contributed by atoms with Crippen LogP contribution in [0.4, 0.5) is 0 Å². The summed E-state index contributed by atoms with van der Waals surface area (Å²) in [6.07, 6.45) is 0. The van der Waals surface area contributed by atoms with Crippen LogP contribution in [0.25, 0.3) is 60.4 Å². The smallest absolute Gasteiger partial charge is 0.0713 e. The van der Waals surface area contributed by atoms with Crippen LogP contribution >= 0.6 is 0 Å². The monoisotopic (exact) mass is 572 g/mol. The highest BCUT2D eigenvalue weighted by Gasteiger charge is 2.45. The number of benzene rings is 7. The number of fused-ring (bicyclic) bond motifs is 9. The third-order valence-electron chi connectivity index (χ3n) is 10.0. The lowest BCUT2D eigenvalue weighted by atomic mass is 9.67. The molecule has 2 nitrogen and oxygen atoms in total. The zero-order valence-corrected chi connectivity index (χ0v) is 24.5. The Labute approximate surface area is 260 Å². The van der Waals surface area contributed by atoms with E-state index < -0.39 is 5.41 Å². The topological polar surface area (TPSA) is 20.7 Å². The molecule has 2 heteroatoms. The van der Waals surface area contributed by atoms with Crippen molar-refractivity contribution in [3.63, 3.8) is 0 Å². The Morgan fingerprint density at radius 2 is 0.933 bits per heavy atom. The van der Waals surface area contributed by atoms with E-state index in [-0.39, 0.29) is 0 Å². The predicted molar refractivity (Wildman–Crippen MR) is 187 cm³/mol. The van der Waals surface area contributed by atoms with E-state index in [2.05, 4.69) is 173 Å². The quantitative estimate of drug-likeness (QED) is 0.217. The first-order valence-corrected chi connectivity index (χ1v) is 15.6.